The van der Waals surface area contributed by atoms with Crippen molar-refractivity contribution in [2.45, 2.75) is 46.2 Å². The molecule has 0 fully saturated rings. The molecule has 0 rings (SSSR count). The van der Waals surface area contributed by atoms with Gasteiger partial charge in [0.1, 0.15) is 12.4 Å². The molecule has 0 heterocycles. The second-order valence-corrected chi connectivity index (χ2v) is 4.68. The number of hydrogen-bond acceptors (Lipinski definition) is 3. The standard InChI is InChI=1S/C10H19NO3/c1-7(2)8(6-12)11(9(13)14)10(3,4)5/h6-8H,1-5H3,(H,13,14)/p-1/t8-/m0/s1. The molecular formula is C10H18NO3-. The van der Waals surface area contributed by atoms with Gasteiger partial charge in [-0.2, -0.15) is 0 Å². The van der Waals surface area contributed by atoms with Gasteiger partial charge in [-0.05, 0) is 26.7 Å². The molecule has 0 aromatic rings. The van der Waals surface area contributed by atoms with E-state index in [2.05, 4.69) is 0 Å². The van der Waals surface area contributed by atoms with Crippen LogP contribution in [0, 0.1) is 5.92 Å². The van der Waals surface area contributed by atoms with Crippen molar-refractivity contribution >= 4 is 12.4 Å². The van der Waals surface area contributed by atoms with Crippen LogP contribution in [0.3, 0.4) is 0 Å². The zero-order valence-electron chi connectivity index (χ0n) is 9.40. The number of hydrogen-bond donors (Lipinski definition) is 0. The van der Waals surface area contributed by atoms with Crippen molar-refractivity contribution in [3.8, 4) is 0 Å². The van der Waals surface area contributed by atoms with E-state index in [4.69, 9.17) is 0 Å². The minimum absolute atomic E-state index is 0.0513. The van der Waals surface area contributed by atoms with Crippen LogP contribution in [-0.4, -0.2) is 28.9 Å². The molecule has 14 heavy (non-hydrogen) atoms. The lowest BCUT2D eigenvalue weighted by molar-refractivity contribution is -0.273. The van der Waals surface area contributed by atoms with E-state index in [1.165, 1.54) is 0 Å². The topological polar surface area (TPSA) is 60.4 Å². The van der Waals surface area contributed by atoms with Gasteiger partial charge in [-0.3, -0.25) is 0 Å². The molecule has 0 aliphatic heterocycles. The lowest BCUT2D eigenvalue weighted by Crippen LogP contribution is -2.58. The van der Waals surface area contributed by atoms with Crippen LogP contribution in [0.4, 0.5) is 4.79 Å². The summed E-state index contributed by atoms with van der Waals surface area (Å²) in [4.78, 5) is 22.8. The second kappa shape index (κ2) is 4.44. The number of rotatable bonds is 3. The van der Waals surface area contributed by atoms with Gasteiger partial charge in [-0.15, -0.1) is 0 Å². The van der Waals surface area contributed by atoms with Crippen molar-refractivity contribution in [2.75, 3.05) is 0 Å². The quantitative estimate of drug-likeness (QED) is 0.628. The number of aldehydes is 1. The number of carbonyl (C=O) groups is 2. The van der Waals surface area contributed by atoms with Crippen molar-refractivity contribution in [1.82, 2.24) is 4.90 Å². The summed E-state index contributed by atoms with van der Waals surface area (Å²) in [7, 11) is 0. The molecule has 1 atom stereocenters. The zero-order valence-corrected chi connectivity index (χ0v) is 9.40. The summed E-state index contributed by atoms with van der Waals surface area (Å²) in [5, 5.41) is 10.9. The first kappa shape index (κ1) is 12.9. The molecule has 0 saturated heterocycles. The van der Waals surface area contributed by atoms with Gasteiger partial charge >= 0.3 is 0 Å². The van der Waals surface area contributed by atoms with Crippen LogP contribution < -0.4 is 5.11 Å². The minimum Gasteiger partial charge on any atom is -0.530 e. The van der Waals surface area contributed by atoms with Crippen molar-refractivity contribution in [3.05, 3.63) is 0 Å². The molecule has 0 unspecified atom stereocenters. The van der Waals surface area contributed by atoms with Crippen LogP contribution >= 0.6 is 0 Å². The third-order valence-electron chi connectivity index (χ3n) is 2.04. The van der Waals surface area contributed by atoms with Crippen molar-refractivity contribution < 1.29 is 14.7 Å². The fraction of sp³-hybridized carbons (Fsp3) is 0.800. The Balaban J connectivity index is 4.99. The first-order valence-corrected chi connectivity index (χ1v) is 4.67. The lowest BCUT2D eigenvalue weighted by Gasteiger charge is -2.43. The third kappa shape index (κ3) is 3.01. The molecule has 0 radical (unpaired) electrons. The number of nitrogens with zero attached hydrogens (tertiary/aromatic N) is 1. The Labute approximate surface area is 84.9 Å². The maximum atomic E-state index is 10.9. The van der Waals surface area contributed by atoms with Crippen LogP contribution in [0.1, 0.15) is 34.6 Å². The van der Waals surface area contributed by atoms with Crippen LogP contribution in [-0.2, 0) is 4.79 Å². The molecule has 0 aromatic carbocycles. The Hall–Kier alpha value is -1.06. The summed E-state index contributed by atoms with van der Waals surface area (Å²) in [6.07, 6.45) is -0.644. The largest absolute Gasteiger partial charge is 0.530 e. The van der Waals surface area contributed by atoms with Crippen LogP contribution in [0.2, 0.25) is 0 Å². The molecule has 0 aliphatic carbocycles. The van der Waals surface area contributed by atoms with Crippen molar-refractivity contribution in [1.29, 1.82) is 0 Å². The van der Waals surface area contributed by atoms with Gasteiger partial charge in [0.15, 0.2) is 0 Å². The van der Waals surface area contributed by atoms with Gasteiger partial charge in [0.25, 0.3) is 0 Å². The summed E-state index contributed by atoms with van der Waals surface area (Å²) < 4.78 is 0. The average molecular weight is 200 g/mol. The van der Waals surface area contributed by atoms with E-state index in [9.17, 15) is 14.7 Å². The van der Waals surface area contributed by atoms with Gasteiger partial charge < -0.3 is 19.6 Å². The molecule has 4 heteroatoms. The van der Waals surface area contributed by atoms with E-state index >= 15 is 0 Å². The highest BCUT2D eigenvalue weighted by molar-refractivity contribution is 5.71. The lowest BCUT2D eigenvalue weighted by atomic mass is 9.97. The van der Waals surface area contributed by atoms with E-state index in [0.717, 1.165) is 4.90 Å². The fourth-order valence-corrected chi connectivity index (χ4v) is 1.36. The first-order chi connectivity index (χ1) is 6.21. The third-order valence-corrected chi connectivity index (χ3v) is 2.04. The molecule has 82 valence electrons. The van der Waals surface area contributed by atoms with Crippen molar-refractivity contribution in [3.63, 3.8) is 0 Å². The Morgan fingerprint density at radius 3 is 1.86 bits per heavy atom. The van der Waals surface area contributed by atoms with E-state index in [1.54, 1.807) is 34.6 Å². The predicted octanol–water partition coefficient (Wildman–Crippen LogP) is 0.654. The van der Waals surface area contributed by atoms with Gasteiger partial charge in [-0.1, -0.05) is 13.8 Å². The SMILES string of the molecule is CC(C)[C@H](C=O)N(C(=O)[O-])C(C)(C)C. The maximum absolute atomic E-state index is 10.9. The van der Waals surface area contributed by atoms with Crippen molar-refractivity contribution in [2.24, 2.45) is 5.92 Å². The summed E-state index contributed by atoms with van der Waals surface area (Å²) in [6, 6.07) is -0.639. The first-order valence-electron chi connectivity index (χ1n) is 4.67. The van der Waals surface area contributed by atoms with E-state index in [1.807, 2.05) is 0 Å². The smallest absolute Gasteiger partial charge is 0.142 e. The van der Waals surface area contributed by atoms with Gasteiger partial charge in [0, 0.05) is 5.54 Å². The van der Waals surface area contributed by atoms with Crippen LogP contribution in [0.15, 0.2) is 0 Å². The monoisotopic (exact) mass is 200 g/mol. The van der Waals surface area contributed by atoms with Gasteiger partial charge in [-0.25, -0.2) is 0 Å². The summed E-state index contributed by atoms with van der Waals surface area (Å²) in [6.45, 7) is 8.83. The number of amides is 1. The maximum Gasteiger partial charge on any atom is 0.142 e. The Morgan fingerprint density at radius 2 is 1.79 bits per heavy atom. The van der Waals surface area contributed by atoms with Crippen LogP contribution in [0.25, 0.3) is 0 Å². The van der Waals surface area contributed by atoms with E-state index < -0.39 is 17.7 Å². The Kier molecular flexibility index (Phi) is 4.10. The average Bonchev–Trinajstić information content (AvgIpc) is 1.95. The normalized spacial score (nSPS) is 13.9. The highest BCUT2D eigenvalue weighted by Crippen LogP contribution is 2.19. The number of carbonyl (C=O) groups excluding carboxylic acids is 2. The highest BCUT2D eigenvalue weighted by Gasteiger charge is 2.30. The fourth-order valence-electron chi connectivity index (χ4n) is 1.36. The molecule has 0 N–H and O–H groups in total. The molecule has 0 aromatic heterocycles. The molecule has 0 bridgehead atoms. The van der Waals surface area contributed by atoms with Gasteiger partial charge in [0.2, 0.25) is 0 Å². The summed E-state index contributed by atoms with van der Waals surface area (Å²) in [5.74, 6) is -0.0513. The molecule has 0 spiro atoms. The van der Waals surface area contributed by atoms with Gasteiger partial charge in [0.05, 0.1) is 6.04 Å². The Morgan fingerprint density at radius 1 is 1.36 bits per heavy atom. The molecule has 4 nitrogen and oxygen atoms in total. The Bertz CT molecular complexity index is 218. The zero-order chi connectivity index (χ0) is 11.5. The molecule has 1 amide bonds. The predicted molar refractivity (Wildman–Crippen MR) is 51.7 cm³/mol. The highest BCUT2D eigenvalue weighted by atomic mass is 16.4. The van der Waals surface area contributed by atoms with E-state index in [0.29, 0.717) is 6.29 Å². The molecule has 0 aliphatic rings. The molecule has 0 saturated carbocycles. The number of carboxylic acid groups (broad SMARTS) is 1. The minimum atomic E-state index is -1.30. The summed E-state index contributed by atoms with van der Waals surface area (Å²) >= 11 is 0. The van der Waals surface area contributed by atoms with E-state index in [-0.39, 0.29) is 5.92 Å². The molecular weight excluding hydrogens is 182 g/mol. The van der Waals surface area contributed by atoms with Crippen LogP contribution in [0.5, 0.6) is 0 Å². The second-order valence-electron chi connectivity index (χ2n) is 4.68. The summed E-state index contributed by atoms with van der Waals surface area (Å²) in [5.41, 5.74) is -0.616.